The molecular formula is C19H29N4O5+. The average molecular weight is 393 g/mol. The maximum atomic E-state index is 12.4. The van der Waals surface area contributed by atoms with Crippen molar-refractivity contribution >= 4 is 23.6 Å². The summed E-state index contributed by atoms with van der Waals surface area (Å²) in [5.41, 5.74) is 0.617. The van der Waals surface area contributed by atoms with E-state index >= 15 is 0 Å². The van der Waals surface area contributed by atoms with E-state index in [1.54, 1.807) is 50.2 Å². The van der Waals surface area contributed by atoms with Gasteiger partial charge in [-0.2, -0.15) is 0 Å². The summed E-state index contributed by atoms with van der Waals surface area (Å²) in [5, 5.41) is 2.76. The molecule has 1 aliphatic heterocycles. The van der Waals surface area contributed by atoms with Crippen LogP contribution in [0.4, 0.5) is 10.5 Å². The summed E-state index contributed by atoms with van der Waals surface area (Å²) in [7, 11) is 3.17. The molecule has 1 aromatic rings. The third-order valence-electron chi connectivity index (χ3n) is 4.56. The second-order valence-corrected chi connectivity index (χ2v) is 6.64. The number of anilines is 1. The van der Waals surface area contributed by atoms with Crippen molar-refractivity contribution in [2.75, 3.05) is 65.3 Å². The summed E-state index contributed by atoms with van der Waals surface area (Å²) in [6.45, 7) is 4.86. The Morgan fingerprint density at radius 3 is 2.61 bits per heavy atom. The Labute approximate surface area is 165 Å². The molecule has 9 heteroatoms. The number of carbonyl (C=O) groups is 3. The van der Waals surface area contributed by atoms with Gasteiger partial charge < -0.3 is 24.6 Å². The summed E-state index contributed by atoms with van der Waals surface area (Å²) in [6, 6.07) is 7.04. The van der Waals surface area contributed by atoms with E-state index in [4.69, 9.17) is 9.47 Å². The van der Waals surface area contributed by atoms with Crippen molar-refractivity contribution in [3.05, 3.63) is 24.3 Å². The van der Waals surface area contributed by atoms with Crippen molar-refractivity contribution in [3.8, 4) is 5.75 Å². The van der Waals surface area contributed by atoms with Gasteiger partial charge in [0.05, 0.1) is 46.4 Å². The summed E-state index contributed by atoms with van der Waals surface area (Å²) in [6.07, 6.45) is -0.306. The number of likely N-dealkylation sites (N-methyl/N-ethyl adjacent to an activating group) is 1. The van der Waals surface area contributed by atoms with E-state index in [0.29, 0.717) is 50.8 Å². The van der Waals surface area contributed by atoms with Crippen molar-refractivity contribution in [2.45, 2.75) is 6.92 Å². The predicted octanol–water partition coefficient (Wildman–Crippen LogP) is -0.551. The van der Waals surface area contributed by atoms with Gasteiger partial charge in [-0.3, -0.25) is 14.5 Å². The standard InChI is InChI=1S/C19H28N4O5/c1-4-28-19(26)23-10-8-22(9-11-23)14-18(25)21(2)13-17(24)20-15-6-5-7-16(12-15)27-3/h5-7,12H,4,8-11,13-14H2,1-3H3,(H,20,24)/p+1. The zero-order chi connectivity index (χ0) is 20.5. The number of nitrogens with zero attached hydrogens (tertiary/aromatic N) is 2. The number of ether oxygens (including phenoxy) is 2. The minimum absolute atomic E-state index is 0.0295. The van der Waals surface area contributed by atoms with Crippen LogP contribution in [0.15, 0.2) is 24.3 Å². The van der Waals surface area contributed by atoms with Crippen LogP contribution in [0.2, 0.25) is 0 Å². The molecule has 3 amide bonds. The molecule has 1 aliphatic rings. The van der Waals surface area contributed by atoms with Gasteiger partial charge in [0.1, 0.15) is 5.75 Å². The molecule has 28 heavy (non-hydrogen) atoms. The Balaban J connectivity index is 1.75. The van der Waals surface area contributed by atoms with Gasteiger partial charge in [0.2, 0.25) is 5.91 Å². The Kier molecular flexibility index (Phi) is 8.06. The second kappa shape index (κ2) is 10.5. The molecule has 0 spiro atoms. The largest absolute Gasteiger partial charge is 0.497 e. The van der Waals surface area contributed by atoms with Gasteiger partial charge in [-0.05, 0) is 19.1 Å². The van der Waals surface area contributed by atoms with Crippen molar-refractivity contribution in [3.63, 3.8) is 0 Å². The lowest BCUT2D eigenvalue weighted by molar-refractivity contribution is -0.896. The third kappa shape index (κ3) is 6.41. The fraction of sp³-hybridized carbons (Fsp3) is 0.526. The lowest BCUT2D eigenvalue weighted by atomic mass is 10.3. The first kappa shape index (κ1) is 21.5. The number of hydrogen-bond acceptors (Lipinski definition) is 5. The fourth-order valence-corrected chi connectivity index (χ4v) is 2.95. The molecule has 1 heterocycles. The summed E-state index contributed by atoms with van der Waals surface area (Å²) >= 11 is 0. The molecule has 0 bridgehead atoms. The van der Waals surface area contributed by atoms with E-state index in [-0.39, 0.29) is 24.5 Å². The molecule has 2 rings (SSSR count). The molecule has 1 fully saturated rings. The average Bonchev–Trinajstić information content (AvgIpc) is 2.68. The molecule has 0 radical (unpaired) electrons. The molecule has 0 aromatic heterocycles. The number of amides is 3. The maximum Gasteiger partial charge on any atom is 0.410 e. The summed E-state index contributed by atoms with van der Waals surface area (Å²) in [5.74, 6) is 0.263. The number of benzene rings is 1. The molecule has 154 valence electrons. The molecule has 0 saturated carbocycles. The zero-order valence-electron chi connectivity index (χ0n) is 16.7. The topological polar surface area (TPSA) is 92.6 Å². The van der Waals surface area contributed by atoms with Crippen molar-refractivity contribution in [2.24, 2.45) is 0 Å². The predicted molar refractivity (Wildman–Crippen MR) is 103 cm³/mol. The molecule has 2 N–H and O–H groups in total. The van der Waals surface area contributed by atoms with Crippen LogP contribution < -0.4 is 15.0 Å². The number of quaternary nitrogens is 1. The first-order valence-corrected chi connectivity index (χ1v) is 9.36. The van der Waals surface area contributed by atoms with Gasteiger partial charge >= 0.3 is 6.09 Å². The molecule has 9 nitrogen and oxygen atoms in total. The summed E-state index contributed by atoms with van der Waals surface area (Å²) in [4.78, 5) is 40.5. The number of carbonyl (C=O) groups excluding carboxylic acids is 3. The smallest absolute Gasteiger partial charge is 0.410 e. The molecule has 0 unspecified atom stereocenters. The second-order valence-electron chi connectivity index (χ2n) is 6.64. The maximum absolute atomic E-state index is 12.4. The highest BCUT2D eigenvalue weighted by Crippen LogP contribution is 2.16. The van der Waals surface area contributed by atoms with Crippen molar-refractivity contribution in [1.29, 1.82) is 0 Å². The van der Waals surface area contributed by atoms with Crippen molar-refractivity contribution in [1.82, 2.24) is 9.80 Å². The van der Waals surface area contributed by atoms with Crippen LogP contribution in [0.1, 0.15) is 6.92 Å². The van der Waals surface area contributed by atoms with Gasteiger partial charge in [0.15, 0.2) is 6.54 Å². The van der Waals surface area contributed by atoms with E-state index in [0.717, 1.165) is 4.90 Å². The molecule has 1 saturated heterocycles. The van der Waals surface area contributed by atoms with Crippen LogP contribution in [0, 0.1) is 0 Å². The van der Waals surface area contributed by atoms with Crippen molar-refractivity contribution < 1.29 is 28.8 Å². The third-order valence-corrected chi connectivity index (χ3v) is 4.56. The van der Waals surface area contributed by atoms with Crippen LogP contribution in [-0.2, 0) is 14.3 Å². The van der Waals surface area contributed by atoms with Crippen LogP contribution in [0.25, 0.3) is 0 Å². The molecule has 0 atom stereocenters. The number of nitrogens with one attached hydrogen (secondary N) is 2. The Morgan fingerprint density at radius 1 is 1.25 bits per heavy atom. The van der Waals surface area contributed by atoms with Crippen LogP contribution in [0.3, 0.4) is 0 Å². The van der Waals surface area contributed by atoms with Crippen LogP contribution >= 0.6 is 0 Å². The van der Waals surface area contributed by atoms with Gasteiger partial charge in [0.25, 0.3) is 5.91 Å². The Morgan fingerprint density at radius 2 is 1.96 bits per heavy atom. The van der Waals surface area contributed by atoms with E-state index in [1.165, 1.54) is 4.90 Å². The van der Waals surface area contributed by atoms with Gasteiger partial charge in [-0.15, -0.1) is 0 Å². The van der Waals surface area contributed by atoms with Gasteiger partial charge in [0, 0.05) is 18.8 Å². The molecule has 1 aromatic carbocycles. The number of methoxy groups -OCH3 is 1. The fourth-order valence-electron chi connectivity index (χ4n) is 2.95. The molecular weight excluding hydrogens is 364 g/mol. The lowest BCUT2D eigenvalue weighted by Gasteiger charge is -2.31. The Bertz CT molecular complexity index is 689. The SMILES string of the molecule is CCOC(=O)N1CC[NH+](CC(=O)N(C)CC(=O)Nc2cccc(OC)c2)CC1. The van der Waals surface area contributed by atoms with E-state index in [1.807, 2.05) is 0 Å². The van der Waals surface area contributed by atoms with E-state index < -0.39 is 0 Å². The summed E-state index contributed by atoms with van der Waals surface area (Å²) < 4.78 is 10.1. The van der Waals surface area contributed by atoms with Crippen LogP contribution in [-0.4, -0.2) is 87.7 Å². The normalized spacial score (nSPS) is 14.3. The lowest BCUT2D eigenvalue weighted by Crippen LogP contribution is -3.15. The molecule has 0 aliphatic carbocycles. The van der Waals surface area contributed by atoms with E-state index in [2.05, 4.69) is 5.32 Å². The monoisotopic (exact) mass is 393 g/mol. The number of piperazine rings is 1. The number of rotatable bonds is 7. The first-order chi connectivity index (χ1) is 13.4. The van der Waals surface area contributed by atoms with E-state index in [9.17, 15) is 14.4 Å². The number of hydrogen-bond donors (Lipinski definition) is 2. The highest BCUT2D eigenvalue weighted by Gasteiger charge is 2.27. The van der Waals surface area contributed by atoms with Crippen LogP contribution in [0.5, 0.6) is 5.75 Å². The zero-order valence-corrected chi connectivity index (χ0v) is 16.7. The minimum Gasteiger partial charge on any atom is -0.497 e. The highest BCUT2D eigenvalue weighted by atomic mass is 16.6. The van der Waals surface area contributed by atoms with Gasteiger partial charge in [-0.25, -0.2) is 4.79 Å². The van der Waals surface area contributed by atoms with Gasteiger partial charge in [-0.1, -0.05) is 6.07 Å². The quantitative estimate of drug-likeness (QED) is 0.649. The first-order valence-electron chi connectivity index (χ1n) is 9.36. The highest BCUT2D eigenvalue weighted by molar-refractivity contribution is 5.94. The Hall–Kier alpha value is -2.81. The minimum atomic E-state index is -0.306.